The van der Waals surface area contributed by atoms with E-state index in [-0.39, 0.29) is 6.10 Å². The topological polar surface area (TPSA) is 23.5 Å². The fourth-order valence-corrected chi connectivity index (χ4v) is 2.65. The Morgan fingerprint density at radius 2 is 1.86 bits per heavy atom. The standard InChI is InChI=1S/C12H23NO/c1-2-13(9-10-7-8-10)11-5-3-4-6-12(11)14/h10-12,14H,2-9H2,1H3. The summed E-state index contributed by atoms with van der Waals surface area (Å²) in [4.78, 5) is 2.52. The largest absolute Gasteiger partial charge is 0.391 e. The zero-order valence-electron chi connectivity index (χ0n) is 9.28. The molecule has 2 atom stereocenters. The predicted molar refractivity (Wildman–Crippen MR) is 58.2 cm³/mol. The Morgan fingerprint density at radius 1 is 1.14 bits per heavy atom. The van der Waals surface area contributed by atoms with Crippen molar-refractivity contribution in [1.82, 2.24) is 4.90 Å². The maximum atomic E-state index is 9.96. The zero-order valence-corrected chi connectivity index (χ0v) is 9.28. The summed E-state index contributed by atoms with van der Waals surface area (Å²) in [7, 11) is 0. The molecule has 2 heteroatoms. The van der Waals surface area contributed by atoms with Gasteiger partial charge in [0.1, 0.15) is 0 Å². The number of likely N-dealkylation sites (N-methyl/N-ethyl adjacent to an activating group) is 1. The van der Waals surface area contributed by atoms with Gasteiger partial charge in [-0.25, -0.2) is 0 Å². The van der Waals surface area contributed by atoms with Gasteiger partial charge in [0.15, 0.2) is 0 Å². The molecular formula is C12H23NO. The molecule has 0 radical (unpaired) electrons. The summed E-state index contributed by atoms with van der Waals surface area (Å²) < 4.78 is 0. The van der Waals surface area contributed by atoms with E-state index < -0.39 is 0 Å². The fourth-order valence-electron chi connectivity index (χ4n) is 2.65. The van der Waals surface area contributed by atoms with Crippen molar-refractivity contribution >= 4 is 0 Å². The third kappa shape index (κ3) is 2.48. The second kappa shape index (κ2) is 4.63. The van der Waals surface area contributed by atoms with Crippen LogP contribution in [0.2, 0.25) is 0 Å². The highest BCUT2D eigenvalue weighted by Crippen LogP contribution is 2.32. The highest BCUT2D eigenvalue weighted by Gasteiger charge is 2.31. The molecule has 0 spiro atoms. The lowest BCUT2D eigenvalue weighted by Crippen LogP contribution is -2.46. The lowest BCUT2D eigenvalue weighted by atomic mass is 9.91. The van der Waals surface area contributed by atoms with Crippen LogP contribution in [0, 0.1) is 5.92 Å². The van der Waals surface area contributed by atoms with Gasteiger partial charge in [-0.3, -0.25) is 4.90 Å². The van der Waals surface area contributed by atoms with E-state index >= 15 is 0 Å². The van der Waals surface area contributed by atoms with Crippen LogP contribution in [0.4, 0.5) is 0 Å². The van der Waals surface area contributed by atoms with Crippen LogP contribution in [0.15, 0.2) is 0 Å². The van der Waals surface area contributed by atoms with E-state index in [2.05, 4.69) is 11.8 Å². The van der Waals surface area contributed by atoms with Crippen molar-refractivity contribution in [2.75, 3.05) is 13.1 Å². The molecule has 2 aliphatic carbocycles. The van der Waals surface area contributed by atoms with Crippen LogP contribution in [0.25, 0.3) is 0 Å². The maximum absolute atomic E-state index is 9.96. The molecule has 2 nitrogen and oxygen atoms in total. The van der Waals surface area contributed by atoms with E-state index in [1.54, 1.807) is 0 Å². The molecule has 2 saturated carbocycles. The van der Waals surface area contributed by atoms with Crippen molar-refractivity contribution in [3.05, 3.63) is 0 Å². The van der Waals surface area contributed by atoms with Crippen molar-refractivity contribution in [1.29, 1.82) is 0 Å². The summed E-state index contributed by atoms with van der Waals surface area (Å²) in [6, 6.07) is 0.467. The van der Waals surface area contributed by atoms with Crippen LogP contribution in [-0.2, 0) is 0 Å². The van der Waals surface area contributed by atoms with Crippen molar-refractivity contribution < 1.29 is 5.11 Å². The van der Waals surface area contributed by atoms with Gasteiger partial charge in [0, 0.05) is 12.6 Å². The molecule has 2 rings (SSSR count). The van der Waals surface area contributed by atoms with Gasteiger partial charge in [0.25, 0.3) is 0 Å². The van der Waals surface area contributed by atoms with Gasteiger partial charge < -0.3 is 5.11 Å². The highest BCUT2D eigenvalue weighted by molar-refractivity contribution is 4.86. The smallest absolute Gasteiger partial charge is 0.0695 e. The second-order valence-corrected chi connectivity index (χ2v) is 4.95. The van der Waals surface area contributed by atoms with E-state index in [1.807, 2.05) is 0 Å². The fraction of sp³-hybridized carbons (Fsp3) is 1.00. The molecule has 0 heterocycles. The van der Waals surface area contributed by atoms with E-state index in [1.165, 1.54) is 38.6 Å². The van der Waals surface area contributed by atoms with Gasteiger partial charge in [0.2, 0.25) is 0 Å². The molecule has 82 valence electrons. The quantitative estimate of drug-likeness (QED) is 0.745. The van der Waals surface area contributed by atoms with Gasteiger partial charge in [-0.1, -0.05) is 19.8 Å². The molecule has 0 saturated heterocycles. The van der Waals surface area contributed by atoms with Gasteiger partial charge in [-0.05, 0) is 38.1 Å². The minimum atomic E-state index is -0.0533. The monoisotopic (exact) mass is 197 g/mol. The Morgan fingerprint density at radius 3 is 2.43 bits per heavy atom. The number of hydrogen-bond donors (Lipinski definition) is 1. The van der Waals surface area contributed by atoms with Crippen molar-refractivity contribution in [3.63, 3.8) is 0 Å². The van der Waals surface area contributed by atoms with E-state index in [0.29, 0.717) is 6.04 Å². The predicted octanol–water partition coefficient (Wildman–Crippen LogP) is 2.02. The van der Waals surface area contributed by atoms with Crippen molar-refractivity contribution in [2.45, 2.75) is 57.6 Å². The first-order chi connectivity index (χ1) is 6.81. The first-order valence-corrected chi connectivity index (χ1v) is 6.23. The van der Waals surface area contributed by atoms with E-state index in [0.717, 1.165) is 18.9 Å². The summed E-state index contributed by atoms with van der Waals surface area (Å²) in [6.07, 6.45) is 7.54. The molecule has 2 aliphatic rings. The Labute approximate surface area is 87.3 Å². The van der Waals surface area contributed by atoms with Crippen LogP contribution in [0.5, 0.6) is 0 Å². The second-order valence-electron chi connectivity index (χ2n) is 4.95. The molecule has 0 bridgehead atoms. The lowest BCUT2D eigenvalue weighted by molar-refractivity contribution is 0.0200. The molecule has 0 amide bonds. The molecular weight excluding hydrogens is 174 g/mol. The molecule has 2 fully saturated rings. The Kier molecular flexibility index (Phi) is 3.45. The van der Waals surface area contributed by atoms with Crippen molar-refractivity contribution in [2.24, 2.45) is 5.92 Å². The van der Waals surface area contributed by atoms with Crippen LogP contribution < -0.4 is 0 Å². The van der Waals surface area contributed by atoms with E-state index in [9.17, 15) is 5.11 Å². The van der Waals surface area contributed by atoms with Crippen LogP contribution in [0.1, 0.15) is 45.4 Å². The van der Waals surface area contributed by atoms with Crippen LogP contribution in [0.3, 0.4) is 0 Å². The third-order valence-corrected chi connectivity index (χ3v) is 3.76. The normalized spacial score (nSPS) is 33.6. The number of aliphatic hydroxyl groups is 1. The van der Waals surface area contributed by atoms with E-state index in [4.69, 9.17) is 0 Å². The molecule has 0 aromatic rings. The number of nitrogens with zero attached hydrogens (tertiary/aromatic N) is 1. The number of aliphatic hydroxyl groups excluding tert-OH is 1. The first-order valence-electron chi connectivity index (χ1n) is 6.23. The van der Waals surface area contributed by atoms with Crippen molar-refractivity contribution in [3.8, 4) is 0 Å². The summed E-state index contributed by atoms with van der Waals surface area (Å²) in [5, 5.41) is 9.96. The lowest BCUT2D eigenvalue weighted by Gasteiger charge is -2.37. The average molecular weight is 197 g/mol. The Hall–Kier alpha value is -0.0800. The minimum Gasteiger partial charge on any atom is -0.391 e. The molecule has 1 N–H and O–H groups in total. The summed E-state index contributed by atoms with van der Waals surface area (Å²) in [6.45, 7) is 4.57. The first kappa shape index (κ1) is 10.4. The average Bonchev–Trinajstić information content (AvgIpc) is 2.99. The molecule has 0 aliphatic heterocycles. The SMILES string of the molecule is CCN(CC1CC1)C1CCCCC1O. The van der Waals surface area contributed by atoms with Gasteiger partial charge in [-0.2, -0.15) is 0 Å². The summed E-state index contributed by atoms with van der Waals surface area (Å²) >= 11 is 0. The maximum Gasteiger partial charge on any atom is 0.0695 e. The molecule has 0 aromatic carbocycles. The van der Waals surface area contributed by atoms with Gasteiger partial charge in [0.05, 0.1) is 6.10 Å². The number of hydrogen-bond acceptors (Lipinski definition) is 2. The summed E-state index contributed by atoms with van der Waals surface area (Å²) in [5.74, 6) is 0.948. The molecule has 0 aromatic heterocycles. The minimum absolute atomic E-state index is 0.0533. The highest BCUT2D eigenvalue weighted by atomic mass is 16.3. The zero-order chi connectivity index (χ0) is 9.97. The van der Waals surface area contributed by atoms with Crippen LogP contribution >= 0.6 is 0 Å². The molecule has 14 heavy (non-hydrogen) atoms. The van der Waals surface area contributed by atoms with Crippen LogP contribution in [-0.4, -0.2) is 35.2 Å². The number of rotatable bonds is 4. The Balaban J connectivity index is 1.87. The van der Waals surface area contributed by atoms with Gasteiger partial charge >= 0.3 is 0 Å². The summed E-state index contributed by atoms with van der Waals surface area (Å²) in [5.41, 5.74) is 0. The molecule has 2 unspecified atom stereocenters. The Bertz CT molecular complexity index is 179. The van der Waals surface area contributed by atoms with Gasteiger partial charge in [-0.15, -0.1) is 0 Å². The third-order valence-electron chi connectivity index (χ3n) is 3.76.